The van der Waals surface area contributed by atoms with Crippen molar-refractivity contribution in [2.24, 2.45) is 0 Å². The molecular formula is C19H20N4O2. The first-order valence-corrected chi connectivity index (χ1v) is 8.14. The van der Waals surface area contributed by atoms with Gasteiger partial charge in [-0.2, -0.15) is 0 Å². The van der Waals surface area contributed by atoms with E-state index in [1.54, 1.807) is 19.5 Å². The van der Waals surface area contributed by atoms with Crippen molar-refractivity contribution in [3.05, 3.63) is 70.8 Å². The van der Waals surface area contributed by atoms with E-state index in [-0.39, 0.29) is 5.56 Å². The summed E-state index contributed by atoms with van der Waals surface area (Å²) in [5, 5.41) is 3.18. The quantitative estimate of drug-likeness (QED) is 0.649. The van der Waals surface area contributed by atoms with Gasteiger partial charge in [-0.3, -0.25) is 14.8 Å². The molecule has 0 bridgehead atoms. The second kappa shape index (κ2) is 8.10. The van der Waals surface area contributed by atoms with E-state index in [4.69, 9.17) is 4.74 Å². The summed E-state index contributed by atoms with van der Waals surface area (Å²) in [5.74, 6) is 1.37. The lowest BCUT2D eigenvalue weighted by atomic mass is 10.1. The molecule has 25 heavy (non-hydrogen) atoms. The summed E-state index contributed by atoms with van der Waals surface area (Å²) < 4.78 is 5.36. The molecule has 0 saturated carbocycles. The third-order valence-corrected chi connectivity index (χ3v) is 3.83. The van der Waals surface area contributed by atoms with Crippen LogP contribution in [-0.2, 0) is 6.42 Å². The van der Waals surface area contributed by atoms with E-state index in [1.807, 2.05) is 30.3 Å². The fourth-order valence-corrected chi connectivity index (χ4v) is 2.61. The van der Waals surface area contributed by atoms with Crippen LogP contribution >= 0.6 is 0 Å². The average Bonchev–Trinajstić information content (AvgIpc) is 2.66. The van der Waals surface area contributed by atoms with Crippen LogP contribution in [0.15, 0.2) is 59.7 Å². The van der Waals surface area contributed by atoms with Gasteiger partial charge < -0.3 is 10.1 Å². The van der Waals surface area contributed by atoms with Gasteiger partial charge in [0.05, 0.1) is 12.8 Å². The van der Waals surface area contributed by atoms with E-state index in [9.17, 15) is 4.79 Å². The number of aromatic nitrogens is 3. The second-order valence-corrected chi connectivity index (χ2v) is 5.56. The molecule has 0 spiro atoms. The maximum atomic E-state index is 11.9. The summed E-state index contributed by atoms with van der Waals surface area (Å²) >= 11 is 0. The fraction of sp³-hybridized carbons (Fsp3) is 0.211. The zero-order valence-electron chi connectivity index (χ0n) is 14.0. The third kappa shape index (κ3) is 4.44. The minimum absolute atomic E-state index is 0.186. The molecule has 0 fully saturated rings. The fourth-order valence-electron chi connectivity index (χ4n) is 2.61. The van der Waals surface area contributed by atoms with Crippen molar-refractivity contribution in [3.8, 4) is 17.0 Å². The molecular weight excluding hydrogens is 316 g/mol. The highest BCUT2D eigenvalue weighted by molar-refractivity contribution is 5.58. The summed E-state index contributed by atoms with van der Waals surface area (Å²) in [6.07, 6.45) is 5.13. The summed E-state index contributed by atoms with van der Waals surface area (Å²) in [5.41, 5.74) is 2.46. The molecule has 2 N–H and O–H groups in total. The SMILES string of the molecule is COc1ccccc1CCCNc1nc(-c2ccncc2)cc(=O)[nH]1. The molecule has 6 heteroatoms. The Morgan fingerprint density at radius 2 is 1.96 bits per heavy atom. The number of nitrogens with zero attached hydrogens (tertiary/aromatic N) is 2. The van der Waals surface area contributed by atoms with E-state index in [2.05, 4.69) is 26.3 Å². The summed E-state index contributed by atoms with van der Waals surface area (Å²) in [7, 11) is 1.68. The normalized spacial score (nSPS) is 10.4. The molecule has 0 amide bonds. The van der Waals surface area contributed by atoms with Gasteiger partial charge in [0.1, 0.15) is 5.75 Å². The van der Waals surface area contributed by atoms with Crippen molar-refractivity contribution in [1.29, 1.82) is 0 Å². The van der Waals surface area contributed by atoms with Crippen molar-refractivity contribution >= 4 is 5.95 Å². The van der Waals surface area contributed by atoms with Gasteiger partial charge in [0.25, 0.3) is 5.56 Å². The van der Waals surface area contributed by atoms with Gasteiger partial charge in [-0.25, -0.2) is 4.98 Å². The molecule has 0 aliphatic heterocycles. The Morgan fingerprint density at radius 1 is 1.16 bits per heavy atom. The van der Waals surface area contributed by atoms with Crippen LogP contribution in [-0.4, -0.2) is 28.6 Å². The lowest BCUT2D eigenvalue weighted by molar-refractivity contribution is 0.409. The maximum Gasteiger partial charge on any atom is 0.252 e. The topological polar surface area (TPSA) is 79.9 Å². The number of benzene rings is 1. The zero-order valence-corrected chi connectivity index (χ0v) is 14.0. The highest BCUT2D eigenvalue weighted by atomic mass is 16.5. The van der Waals surface area contributed by atoms with E-state index in [0.717, 1.165) is 24.2 Å². The molecule has 6 nitrogen and oxygen atoms in total. The van der Waals surface area contributed by atoms with Gasteiger partial charge in [-0.1, -0.05) is 18.2 Å². The van der Waals surface area contributed by atoms with Crippen molar-refractivity contribution < 1.29 is 4.74 Å². The van der Waals surface area contributed by atoms with Crippen LogP contribution in [0.25, 0.3) is 11.3 Å². The Bertz CT molecular complexity index is 878. The minimum Gasteiger partial charge on any atom is -0.496 e. The second-order valence-electron chi connectivity index (χ2n) is 5.56. The van der Waals surface area contributed by atoms with Crippen molar-refractivity contribution in [2.45, 2.75) is 12.8 Å². The van der Waals surface area contributed by atoms with E-state index < -0.39 is 0 Å². The van der Waals surface area contributed by atoms with Crippen LogP contribution in [0.3, 0.4) is 0 Å². The van der Waals surface area contributed by atoms with Gasteiger partial charge in [-0.05, 0) is 36.6 Å². The number of hydrogen-bond donors (Lipinski definition) is 2. The highest BCUT2D eigenvalue weighted by Gasteiger charge is 2.05. The van der Waals surface area contributed by atoms with E-state index in [0.29, 0.717) is 18.2 Å². The monoisotopic (exact) mass is 336 g/mol. The number of H-pyrrole nitrogens is 1. The molecule has 0 radical (unpaired) electrons. The largest absolute Gasteiger partial charge is 0.496 e. The van der Waals surface area contributed by atoms with E-state index >= 15 is 0 Å². The molecule has 0 aliphatic carbocycles. The van der Waals surface area contributed by atoms with Gasteiger partial charge in [-0.15, -0.1) is 0 Å². The molecule has 3 rings (SSSR count). The Morgan fingerprint density at radius 3 is 2.76 bits per heavy atom. The highest BCUT2D eigenvalue weighted by Crippen LogP contribution is 2.19. The molecule has 1 aromatic carbocycles. The molecule has 0 aliphatic rings. The van der Waals surface area contributed by atoms with Gasteiger partial charge in [0.15, 0.2) is 0 Å². The number of rotatable bonds is 7. The Labute approximate surface area is 145 Å². The summed E-state index contributed by atoms with van der Waals surface area (Å²) in [6, 6.07) is 13.1. The number of hydrogen-bond acceptors (Lipinski definition) is 5. The number of para-hydroxylation sites is 1. The van der Waals surface area contributed by atoms with Crippen molar-refractivity contribution in [3.63, 3.8) is 0 Å². The van der Waals surface area contributed by atoms with Crippen LogP contribution in [0.4, 0.5) is 5.95 Å². The van der Waals surface area contributed by atoms with E-state index in [1.165, 1.54) is 11.6 Å². The standard InChI is InChI=1S/C19H20N4O2/c1-25-17-7-3-2-5-15(17)6-4-10-21-19-22-16(13-18(24)23-19)14-8-11-20-12-9-14/h2-3,5,7-9,11-13H,4,6,10H2,1H3,(H2,21,22,23,24). The number of pyridine rings is 1. The molecule has 0 unspecified atom stereocenters. The average molecular weight is 336 g/mol. The summed E-state index contributed by atoms with van der Waals surface area (Å²) in [6.45, 7) is 0.695. The third-order valence-electron chi connectivity index (χ3n) is 3.83. The minimum atomic E-state index is -0.186. The first-order chi connectivity index (χ1) is 12.3. The van der Waals surface area contributed by atoms with Crippen molar-refractivity contribution in [2.75, 3.05) is 19.0 Å². The number of aromatic amines is 1. The van der Waals surface area contributed by atoms with Crippen molar-refractivity contribution in [1.82, 2.24) is 15.0 Å². The van der Waals surface area contributed by atoms with Crippen LogP contribution < -0.4 is 15.6 Å². The molecule has 2 aromatic heterocycles. The number of anilines is 1. The Kier molecular flexibility index (Phi) is 5.41. The van der Waals surface area contributed by atoms with Crippen LogP contribution in [0, 0.1) is 0 Å². The van der Waals surface area contributed by atoms with Gasteiger partial charge in [0.2, 0.25) is 5.95 Å². The van der Waals surface area contributed by atoms with Crippen LogP contribution in [0.2, 0.25) is 0 Å². The predicted molar refractivity (Wildman–Crippen MR) is 97.9 cm³/mol. The number of nitrogens with one attached hydrogen (secondary N) is 2. The Hall–Kier alpha value is -3.15. The van der Waals surface area contributed by atoms with Crippen LogP contribution in [0.1, 0.15) is 12.0 Å². The summed E-state index contributed by atoms with van der Waals surface area (Å²) in [4.78, 5) is 23.0. The van der Waals surface area contributed by atoms with Crippen LogP contribution in [0.5, 0.6) is 5.75 Å². The number of ether oxygens (including phenoxy) is 1. The van der Waals surface area contributed by atoms with Gasteiger partial charge in [0, 0.05) is 30.6 Å². The molecule has 2 heterocycles. The molecule has 128 valence electrons. The zero-order chi connectivity index (χ0) is 17.5. The smallest absolute Gasteiger partial charge is 0.252 e. The van der Waals surface area contributed by atoms with Gasteiger partial charge >= 0.3 is 0 Å². The lowest BCUT2D eigenvalue weighted by Crippen LogP contribution is -2.14. The number of aryl methyl sites for hydroxylation is 1. The first kappa shape index (κ1) is 16.7. The number of methoxy groups -OCH3 is 1. The molecule has 0 saturated heterocycles. The molecule has 0 atom stereocenters. The Balaban J connectivity index is 1.62. The first-order valence-electron chi connectivity index (χ1n) is 8.14. The predicted octanol–water partition coefficient (Wildman–Crippen LogP) is 2.89. The lowest BCUT2D eigenvalue weighted by Gasteiger charge is -2.09. The maximum absolute atomic E-state index is 11.9. The molecule has 3 aromatic rings.